The summed E-state index contributed by atoms with van der Waals surface area (Å²) < 4.78 is 28.7. The van der Waals surface area contributed by atoms with Gasteiger partial charge in [-0.1, -0.05) is 36.0 Å². The third-order valence-corrected chi connectivity index (χ3v) is 8.44. The zero-order valence-electron chi connectivity index (χ0n) is 14.9. The molecule has 0 saturated carbocycles. The maximum absolute atomic E-state index is 13.1. The Labute approximate surface area is 177 Å². The van der Waals surface area contributed by atoms with E-state index in [1.165, 1.54) is 11.3 Å². The van der Waals surface area contributed by atoms with Crippen molar-refractivity contribution in [2.24, 2.45) is 0 Å². The summed E-state index contributed by atoms with van der Waals surface area (Å²) in [6.07, 6.45) is 4.55. The number of carbonyl (C=O) groups is 1. The molecule has 0 spiro atoms. The molecule has 0 amide bonds. The van der Waals surface area contributed by atoms with E-state index in [-0.39, 0.29) is 4.90 Å². The lowest BCUT2D eigenvalue weighted by atomic mass is 10.1. The number of fused-ring (bicyclic) bond motifs is 1. The summed E-state index contributed by atoms with van der Waals surface area (Å²) in [5, 5.41) is 0.555. The fourth-order valence-corrected chi connectivity index (χ4v) is 6.65. The summed E-state index contributed by atoms with van der Waals surface area (Å²) in [4.78, 5) is 15.2. The Bertz CT molecular complexity index is 1140. The zero-order valence-corrected chi connectivity index (χ0v) is 18.0. The summed E-state index contributed by atoms with van der Waals surface area (Å²) in [5.74, 6) is 0. The van der Waals surface area contributed by atoms with Crippen molar-refractivity contribution < 1.29 is 13.2 Å². The summed E-state index contributed by atoms with van der Waals surface area (Å²) in [6, 6.07) is 6.54. The molecule has 3 heterocycles. The molecule has 1 saturated heterocycles. The van der Waals surface area contributed by atoms with Crippen molar-refractivity contribution in [3.63, 3.8) is 0 Å². The van der Waals surface area contributed by atoms with Gasteiger partial charge < -0.3 is 4.98 Å². The molecule has 0 aliphatic carbocycles. The SMILES string of the molecule is O=Cc1c(-c2cc(Cl)sc2Cl)[nH]c2ccc(S(=O)(=O)N3CCCCCC3)cc12. The number of nitrogens with one attached hydrogen (secondary N) is 1. The first-order valence-electron chi connectivity index (χ1n) is 8.98. The molecule has 1 aromatic carbocycles. The third kappa shape index (κ3) is 3.50. The molecule has 9 heteroatoms. The number of nitrogens with zero attached hydrogens (tertiary/aromatic N) is 1. The molecule has 4 rings (SSSR count). The number of sulfonamides is 1. The number of rotatable bonds is 4. The summed E-state index contributed by atoms with van der Waals surface area (Å²) >= 11 is 13.5. The lowest BCUT2D eigenvalue weighted by Crippen LogP contribution is -2.31. The molecule has 1 aliphatic heterocycles. The Kier molecular flexibility index (Phi) is 5.55. The molecule has 1 N–H and O–H groups in total. The van der Waals surface area contributed by atoms with Crippen LogP contribution in [-0.2, 0) is 10.0 Å². The van der Waals surface area contributed by atoms with Crippen molar-refractivity contribution in [3.8, 4) is 11.3 Å². The number of H-pyrrole nitrogens is 1. The average Bonchev–Trinajstić information content (AvgIpc) is 3.05. The predicted molar refractivity (Wildman–Crippen MR) is 114 cm³/mol. The first kappa shape index (κ1) is 19.9. The van der Waals surface area contributed by atoms with E-state index >= 15 is 0 Å². The van der Waals surface area contributed by atoms with Crippen LogP contribution in [-0.4, -0.2) is 37.1 Å². The number of benzene rings is 1. The standard InChI is InChI=1S/C19H18Cl2N2O3S2/c20-17-10-14(19(21)27-17)18-15(11-24)13-9-12(5-6-16(13)22-18)28(25,26)23-7-3-1-2-4-8-23/h5-6,9-11,22H,1-4,7-8H2. The van der Waals surface area contributed by atoms with Gasteiger partial charge in [0.25, 0.3) is 0 Å². The van der Waals surface area contributed by atoms with Crippen LogP contribution in [0.15, 0.2) is 29.2 Å². The van der Waals surface area contributed by atoms with Crippen molar-refractivity contribution in [1.29, 1.82) is 0 Å². The van der Waals surface area contributed by atoms with E-state index in [0.717, 1.165) is 32.0 Å². The van der Waals surface area contributed by atoms with E-state index < -0.39 is 10.0 Å². The lowest BCUT2D eigenvalue weighted by Gasteiger charge is -2.20. The average molecular weight is 457 g/mol. The summed E-state index contributed by atoms with van der Waals surface area (Å²) in [5.41, 5.74) is 2.22. The molecule has 148 valence electrons. The minimum absolute atomic E-state index is 0.199. The van der Waals surface area contributed by atoms with Crippen LogP contribution in [0.25, 0.3) is 22.2 Å². The highest BCUT2D eigenvalue weighted by Crippen LogP contribution is 2.41. The Morgan fingerprint density at radius 1 is 1.07 bits per heavy atom. The Hall–Kier alpha value is -1.38. The largest absolute Gasteiger partial charge is 0.354 e. The van der Waals surface area contributed by atoms with Crippen LogP contribution in [0.5, 0.6) is 0 Å². The van der Waals surface area contributed by atoms with E-state index in [1.807, 2.05) is 0 Å². The number of aromatic nitrogens is 1. The summed E-state index contributed by atoms with van der Waals surface area (Å²) in [7, 11) is -3.60. The second-order valence-electron chi connectivity index (χ2n) is 6.80. The number of carbonyl (C=O) groups excluding carboxylic acids is 1. The van der Waals surface area contributed by atoms with Gasteiger partial charge in [-0.25, -0.2) is 8.42 Å². The molecular formula is C19H18Cl2N2O3S2. The van der Waals surface area contributed by atoms with Crippen molar-refractivity contribution in [2.45, 2.75) is 30.6 Å². The monoisotopic (exact) mass is 456 g/mol. The highest BCUT2D eigenvalue weighted by Gasteiger charge is 2.26. The van der Waals surface area contributed by atoms with Crippen LogP contribution in [0.1, 0.15) is 36.0 Å². The van der Waals surface area contributed by atoms with Gasteiger partial charge in [0, 0.05) is 35.1 Å². The molecule has 0 atom stereocenters. The van der Waals surface area contributed by atoms with Gasteiger partial charge in [0.15, 0.2) is 6.29 Å². The second kappa shape index (κ2) is 7.80. The van der Waals surface area contributed by atoms with Gasteiger partial charge in [-0.05, 0) is 37.1 Å². The van der Waals surface area contributed by atoms with E-state index in [4.69, 9.17) is 23.2 Å². The highest BCUT2D eigenvalue weighted by molar-refractivity contribution is 7.89. The minimum Gasteiger partial charge on any atom is -0.354 e. The fourth-order valence-electron chi connectivity index (χ4n) is 3.63. The molecule has 28 heavy (non-hydrogen) atoms. The van der Waals surface area contributed by atoms with Crippen LogP contribution < -0.4 is 0 Å². The Morgan fingerprint density at radius 3 is 2.39 bits per heavy atom. The van der Waals surface area contributed by atoms with Gasteiger partial charge in [0.1, 0.15) is 4.34 Å². The van der Waals surface area contributed by atoms with Crippen molar-refractivity contribution in [2.75, 3.05) is 13.1 Å². The zero-order chi connectivity index (χ0) is 19.9. The molecule has 3 aromatic rings. The van der Waals surface area contributed by atoms with Crippen LogP contribution in [0.2, 0.25) is 8.67 Å². The highest BCUT2D eigenvalue weighted by atomic mass is 35.5. The molecule has 1 fully saturated rings. The maximum Gasteiger partial charge on any atom is 0.243 e. The van der Waals surface area contributed by atoms with E-state index in [2.05, 4.69) is 4.98 Å². The summed E-state index contributed by atoms with van der Waals surface area (Å²) in [6.45, 7) is 1.06. The molecule has 0 bridgehead atoms. The second-order valence-corrected chi connectivity index (χ2v) is 11.0. The van der Waals surface area contributed by atoms with Crippen molar-refractivity contribution in [3.05, 3.63) is 38.5 Å². The van der Waals surface area contributed by atoms with Gasteiger partial charge in [-0.15, -0.1) is 11.3 Å². The molecule has 0 unspecified atom stereocenters. The van der Waals surface area contributed by atoms with Gasteiger partial charge in [0.2, 0.25) is 10.0 Å². The van der Waals surface area contributed by atoms with E-state index in [9.17, 15) is 13.2 Å². The number of halogens is 2. The normalized spacial score (nSPS) is 16.4. The molecule has 0 radical (unpaired) electrons. The smallest absolute Gasteiger partial charge is 0.243 e. The maximum atomic E-state index is 13.1. The van der Waals surface area contributed by atoms with Gasteiger partial charge in [-0.3, -0.25) is 4.79 Å². The minimum atomic E-state index is -3.60. The van der Waals surface area contributed by atoms with Gasteiger partial charge in [0.05, 0.1) is 14.9 Å². The third-order valence-electron chi connectivity index (χ3n) is 5.06. The quantitative estimate of drug-likeness (QED) is 0.520. The van der Waals surface area contributed by atoms with Crippen molar-refractivity contribution in [1.82, 2.24) is 9.29 Å². The number of aldehydes is 1. The van der Waals surface area contributed by atoms with Crippen molar-refractivity contribution >= 4 is 61.8 Å². The lowest BCUT2D eigenvalue weighted by molar-refractivity contribution is 0.112. The predicted octanol–water partition coefficient (Wildman–Crippen LogP) is 5.58. The first-order valence-corrected chi connectivity index (χ1v) is 12.0. The molecule has 1 aliphatic rings. The Morgan fingerprint density at radius 2 is 1.79 bits per heavy atom. The topological polar surface area (TPSA) is 70.2 Å². The molecule has 2 aromatic heterocycles. The number of hydrogen-bond donors (Lipinski definition) is 1. The van der Waals surface area contributed by atoms with E-state index in [0.29, 0.717) is 49.5 Å². The van der Waals surface area contributed by atoms with Gasteiger partial charge in [-0.2, -0.15) is 4.31 Å². The van der Waals surface area contributed by atoms with E-state index in [1.54, 1.807) is 28.6 Å². The van der Waals surface area contributed by atoms with Crippen LogP contribution in [0, 0.1) is 0 Å². The number of hydrogen-bond acceptors (Lipinski definition) is 4. The van der Waals surface area contributed by atoms with Crippen LogP contribution in [0.3, 0.4) is 0 Å². The number of aromatic amines is 1. The molecular weight excluding hydrogens is 439 g/mol. The van der Waals surface area contributed by atoms with Crippen LogP contribution in [0.4, 0.5) is 0 Å². The molecule has 5 nitrogen and oxygen atoms in total. The first-order chi connectivity index (χ1) is 13.4. The Balaban J connectivity index is 1.83. The number of thiophene rings is 1. The van der Waals surface area contributed by atoms with Gasteiger partial charge >= 0.3 is 0 Å². The fraction of sp³-hybridized carbons (Fsp3) is 0.316. The van der Waals surface area contributed by atoms with Crippen LogP contribution >= 0.6 is 34.5 Å².